The summed E-state index contributed by atoms with van der Waals surface area (Å²) >= 11 is 0. The zero-order valence-electron chi connectivity index (χ0n) is 11.6. The number of nitrogens with zero attached hydrogens (tertiary/aromatic N) is 1. The first-order valence-electron chi connectivity index (χ1n) is 6.73. The van der Waals surface area contributed by atoms with Gasteiger partial charge in [-0.05, 0) is 54.8 Å². The number of hydrogen-bond acceptors (Lipinski definition) is 2. The van der Waals surface area contributed by atoms with Crippen LogP contribution in [0.2, 0.25) is 0 Å². The minimum absolute atomic E-state index is 0.224. The minimum atomic E-state index is -0.231. The highest BCUT2D eigenvalue weighted by Gasteiger charge is 2.42. The van der Waals surface area contributed by atoms with Crippen molar-refractivity contribution in [1.29, 1.82) is 0 Å². The molecule has 0 unspecified atom stereocenters. The van der Waals surface area contributed by atoms with Crippen LogP contribution >= 0.6 is 0 Å². The van der Waals surface area contributed by atoms with Gasteiger partial charge in [0, 0.05) is 6.20 Å². The summed E-state index contributed by atoms with van der Waals surface area (Å²) in [7, 11) is 0. The first kappa shape index (κ1) is 13.5. The Bertz CT molecular complexity index is 403. The Balaban J connectivity index is 2.25. The average Bonchev–Trinajstić information content (AvgIpc) is 2.29. The third-order valence-electron chi connectivity index (χ3n) is 4.46. The van der Waals surface area contributed by atoms with Crippen LogP contribution in [0.25, 0.3) is 0 Å². The maximum atomic E-state index is 13.3. The second kappa shape index (κ2) is 4.96. The van der Waals surface area contributed by atoms with Gasteiger partial charge >= 0.3 is 0 Å². The Hall–Kier alpha value is -0.960. The Labute approximate surface area is 109 Å². The van der Waals surface area contributed by atoms with Crippen molar-refractivity contribution in [1.82, 2.24) is 10.3 Å². The number of piperidine rings is 1. The van der Waals surface area contributed by atoms with E-state index in [1.165, 1.54) is 6.20 Å². The van der Waals surface area contributed by atoms with E-state index in [1.54, 1.807) is 12.3 Å². The lowest BCUT2D eigenvalue weighted by molar-refractivity contribution is 0.0467. The lowest BCUT2D eigenvalue weighted by atomic mass is 9.59. The molecule has 1 aliphatic heterocycles. The van der Waals surface area contributed by atoms with Gasteiger partial charge in [-0.1, -0.05) is 20.8 Å². The van der Waals surface area contributed by atoms with Crippen molar-refractivity contribution >= 4 is 0 Å². The molecule has 1 N–H and O–H groups in total. The zero-order valence-corrected chi connectivity index (χ0v) is 11.6. The van der Waals surface area contributed by atoms with Crippen LogP contribution in [0.5, 0.6) is 0 Å². The van der Waals surface area contributed by atoms with E-state index < -0.39 is 0 Å². The van der Waals surface area contributed by atoms with E-state index in [-0.39, 0.29) is 16.6 Å². The molecule has 0 bridgehead atoms. The first-order chi connectivity index (χ1) is 8.43. The van der Waals surface area contributed by atoms with Crippen LogP contribution in [0.15, 0.2) is 18.5 Å². The molecule has 2 nitrogen and oxygen atoms in total. The molecule has 2 heterocycles. The number of rotatable bonds is 2. The molecule has 2 rings (SSSR count). The standard InChI is InChI=1S/C15H23FN2/c1-14(2,3)15(4-6-17-7-5-15)9-12-8-13(16)11-18-10-12/h8,10-11,17H,4-7,9H2,1-3H3. The van der Waals surface area contributed by atoms with Crippen molar-refractivity contribution in [3.63, 3.8) is 0 Å². The molecule has 100 valence electrons. The summed E-state index contributed by atoms with van der Waals surface area (Å²) in [5.74, 6) is -0.231. The van der Waals surface area contributed by atoms with Gasteiger partial charge in [-0.3, -0.25) is 4.98 Å². The zero-order chi connectivity index (χ0) is 13.2. The highest BCUT2D eigenvalue weighted by Crippen LogP contribution is 2.47. The maximum Gasteiger partial charge on any atom is 0.141 e. The van der Waals surface area contributed by atoms with E-state index in [4.69, 9.17) is 0 Å². The number of halogens is 1. The third kappa shape index (κ3) is 2.72. The van der Waals surface area contributed by atoms with Crippen LogP contribution in [0.3, 0.4) is 0 Å². The molecule has 1 saturated heterocycles. The van der Waals surface area contributed by atoms with Gasteiger partial charge in [0.2, 0.25) is 0 Å². The molecule has 0 saturated carbocycles. The van der Waals surface area contributed by atoms with Gasteiger partial charge in [0.25, 0.3) is 0 Å². The Kier molecular flexibility index (Phi) is 3.71. The largest absolute Gasteiger partial charge is 0.317 e. The van der Waals surface area contributed by atoms with Crippen LogP contribution in [-0.2, 0) is 6.42 Å². The summed E-state index contributed by atoms with van der Waals surface area (Å²) in [6.07, 6.45) is 6.29. The highest BCUT2D eigenvalue weighted by molar-refractivity contribution is 5.14. The molecular weight excluding hydrogens is 227 g/mol. The van der Waals surface area contributed by atoms with Crippen molar-refractivity contribution in [2.24, 2.45) is 10.8 Å². The molecule has 0 atom stereocenters. The average molecular weight is 250 g/mol. The Morgan fingerprint density at radius 3 is 2.50 bits per heavy atom. The van der Waals surface area contributed by atoms with Crippen LogP contribution in [-0.4, -0.2) is 18.1 Å². The van der Waals surface area contributed by atoms with Gasteiger partial charge in [0.15, 0.2) is 0 Å². The second-order valence-electron chi connectivity index (χ2n) is 6.47. The van der Waals surface area contributed by atoms with Gasteiger partial charge < -0.3 is 5.32 Å². The van der Waals surface area contributed by atoms with Gasteiger partial charge in [-0.2, -0.15) is 0 Å². The molecule has 0 amide bonds. The number of hydrogen-bond donors (Lipinski definition) is 1. The molecule has 18 heavy (non-hydrogen) atoms. The highest BCUT2D eigenvalue weighted by atomic mass is 19.1. The second-order valence-corrected chi connectivity index (χ2v) is 6.47. The van der Waals surface area contributed by atoms with E-state index in [2.05, 4.69) is 31.1 Å². The molecule has 1 fully saturated rings. The van der Waals surface area contributed by atoms with E-state index in [0.717, 1.165) is 37.9 Å². The Morgan fingerprint density at radius 2 is 1.94 bits per heavy atom. The number of nitrogens with one attached hydrogen (secondary N) is 1. The van der Waals surface area contributed by atoms with Crippen LogP contribution < -0.4 is 5.32 Å². The van der Waals surface area contributed by atoms with Gasteiger partial charge in [0.1, 0.15) is 5.82 Å². The van der Waals surface area contributed by atoms with E-state index in [9.17, 15) is 4.39 Å². The van der Waals surface area contributed by atoms with Crippen molar-refractivity contribution in [3.8, 4) is 0 Å². The molecule has 3 heteroatoms. The lowest BCUT2D eigenvalue weighted by Gasteiger charge is -2.48. The molecule has 0 aliphatic carbocycles. The summed E-state index contributed by atoms with van der Waals surface area (Å²) in [4.78, 5) is 3.97. The van der Waals surface area contributed by atoms with Crippen LogP contribution in [0, 0.1) is 16.6 Å². The SMILES string of the molecule is CC(C)(C)C1(Cc2cncc(F)c2)CCNCC1. The Morgan fingerprint density at radius 1 is 1.28 bits per heavy atom. The molecule has 0 radical (unpaired) electrons. The normalized spacial score (nSPS) is 19.8. The fourth-order valence-electron chi connectivity index (χ4n) is 3.04. The first-order valence-corrected chi connectivity index (χ1v) is 6.73. The van der Waals surface area contributed by atoms with Crippen LogP contribution in [0.4, 0.5) is 4.39 Å². The molecule has 0 spiro atoms. The summed E-state index contributed by atoms with van der Waals surface area (Å²) in [6.45, 7) is 9.00. The van der Waals surface area contributed by atoms with Gasteiger partial charge in [0.05, 0.1) is 6.20 Å². The molecule has 1 aromatic rings. The summed E-state index contributed by atoms with van der Waals surface area (Å²) in [5.41, 5.74) is 1.49. The van der Waals surface area contributed by atoms with E-state index in [0.29, 0.717) is 0 Å². The van der Waals surface area contributed by atoms with E-state index >= 15 is 0 Å². The predicted molar refractivity (Wildman–Crippen MR) is 71.9 cm³/mol. The van der Waals surface area contributed by atoms with E-state index in [1.807, 2.05) is 0 Å². The topological polar surface area (TPSA) is 24.9 Å². The van der Waals surface area contributed by atoms with Crippen molar-refractivity contribution in [3.05, 3.63) is 29.8 Å². The molecule has 1 aliphatic rings. The van der Waals surface area contributed by atoms with Crippen LogP contribution in [0.1, 0.15) is 39.2 Å². The summed E-state index contributed by atoms with van der Waals surface area (Å²) in [6, 6.07) is 1.63. The smallest absolute Gasteiger partial charge is 0.141 e. The maximum absolute atomic E-state index is 13.3. The van der Waals surface area contributed by atoms with Crippen molar-refractivity contribution in [2.75, 3.05) is 13.1 Å². The number of aromatic nitrogens is 1. The summed E-state index contributed by atoms with van der Waals surface area (Å²) in [5, 5.41) is 3.42. The molecular formula is C15H23FN2. The monoisotopic (exact) mass is 250 g/mol. The fourth-order valence-corrected chi connectivity index (χ4v) is 3.04. The summed E-state index contributed by atoms with van der Waals surface area (Å²) < 4.78 is 13.3. The fraction of sp³-hybridized carbons (Fsp3) is 0.667. The van der Waals surface area contributed by atoms with Gasteiger partial charge in [-0.15, -0.1) is 0 Å². The van der Waals surface area contributed by atoms with Crippen molar-refractivity contribution < 1.29 is 4.39 Å². The minimum Gasteiger partial charge on any atom is -0.317 e. The lowest BCUT2D eigenvalue weighted by Crippen LogP contribution is -2.46. The molecule has 1 aromatic heterocycles. The number of pyridine rings is 1. The molecule has 0 aromatic carbocycles. The van der Waals surface area contributed by atoms with Gasteiger partial charge in [-0.25, -0.2) is 4.39 Å². The van der Waals surface area contributed by atoms with Crippen molar-refractivity contribution in [2.45, 2.75) is 40.0 Å². The predicted octanol–water partition coefficient (Wildman–Crippen LogP) is 3.18. The third-order valence-corrected chi connectivity index (χ3v) is 4.46. The quantitative estimate of drug-likeness (QED) is 0.872.